The molecule has 2 rings (SSSR count). The summed E-state index contributed by atoms with van der Waals surface area (Å²) in [7, 11) is 1.64. The molecule has 0 amide bonds. The first kappa shape index (κ1) is 13.5. The van der Waals surface area contributed by atoms with Gasteiger partial charge in [0.25, 0.3) is 0 Å². The summed E-state index contributed by atoms with van der Waals surface area (Å²) < 4.78 is 11.4. The molecule has 1 heterocycles. The van der Waals surface area contributed by atoms with E-state index in [-0.39, 0.29) is 6.10 Å². The second-order valence-corrected chi connectivity index (χ2v) is 5.00. The molecule has 1 aromatic rings. The Morgan fingerprint density at radius 3 is 2.94 bits per heavy atom. The van der Waals surface area contributed by atoms with Gasteiger partial charge in [-0.05, 0) is 31.5 Å². The number of hydrogen-bond acceptors (Lipinski definition) is 3. The van der Waals surface area contributed by atoms with Crippen molar-refractivity contribution < 1.29 is 9.47 Å². The Kier molecular flexibility index (Phi) is 4.72. The maximum absolute atomic E-state index is 6.20. The molecule has 1 aliphatic rings. The smallest absolute Gasteiger partial charge is 0.180 e. The van der Waals surface area contributed by atoms with Crippen LogP contribution in [0.5, 0.6) is 11.5 Å². The second-order valence-electron chi connectivity index (χ2n) is 4.59. The van der Waals surface area contributed by atoms with Crippen molar-refractivity contribution in [2.45, 2.75) is 25.9 Å². The van der Waals surface area contributed by atoms with Gasteiger partial charge in [0.2, 0.25) is 0 Å². The lowest BCUT2D eigenvalue weighted by Gasteiger charge is -2.24. The molecule has 0 saturated carbocycles. The largest absolute Gasteiger partial charge is 0.493 e. The summed E-state index contributed by atoms with van der Waals surface area (Å²) in [4.78, 5) is 0. The van der Waals surface area contributed by atoms with Crippen molar-refractivity contribution in [3.8, 4) is 11.5 Å². The second kappa shape index (κ2) is 6.30. The maximum Gasteiger partial charge on any atom is 0.180 e. The molecule has 0 spiro atoms. The lowest BCUT2D eigenvalue weighted by atomic mass is 9.99. The molecule has 100 valence electrons. The molecule has 1 unspecified atom stereocenters. The summed E-state index contributed by atoms with van der Waals surface area (Å²) >= 11 is 6.20. The molecule has 1 saturated heterocycles. The number of para-hydroxylation sites is 1. The van der Waals surface area contributed by atoms with E-state index in [4.69, 9.17) is 21.1 Å². The van der Waals surface area contributed by atoms with E-state index in [0.717, 1.165) is 25.9 Å². The minimum absolute atomic E-state index is 0.189. The molecule has 0 aromatic heterocycles. The van der Waals surface area contributed by atoms with Gasteiger partial charge in [0.15, 0.2) is 11.5 Å². The predicted octanol–water partition coefficient (Wildman–Crippen LogP) is 3.12. The molecule has 3 nitrogen and oxygen atoms in total. The van der Waals surface area contributed by atoms with Gasteiger partial charge in [0.1, 0.15) is 6.10 Å². The molecule has 1 aromatic carbocycles. The van der Waals surface area contributed by atoms with Crippen LogP contribution >= 0.6 is 11.6 Å². The van der Waals surface area contributed by atoms with Crippen molar-refractivity contribution in [1.29, 1.82) is 0 Å². The van der Waals surface area contributed by atoms with Crippen LogP contribution in [0.2, 0.25) is 5.02 Å². The average Bonchev–Trinajstić information content (AvgIpc) is 2.91. The molecule has 1 N–H and O–H groups in total. The molecule has 0 aliphatic carbocycles. The highest BCUT2D eigenvalue weighted by Crippen LogP contribution is 2.36. The standard InChI is InChI=1S/C14H20ClNO2/c1-3-12(10-7-8-16-9-10)18-14-11(15)5-4-6-13(14)17-2/h4-6,10,12,16H,3,7-9H2,1-2H3/t10?,12-/m0/s1. The van der Waals surface area contributed by atoms with E-state index in [1.165, 1.54) is 0 Å². The van der Waals surface area contributed by atoms with Crippen molar-refractivity contribution >= 4 is 11.6 Å². The summed E-state index contributed by atoms with van der Waals surface area (Å²) in [6.07, 6.45) is 2.32. The normalized spacial score (nSPS) is 20.7. The lowest BCUT2D eigenvalue weighted by molar-refractivity contribution is 0.134. The van der Waals surface area contributed by atoms with E-state index in [0.29, 0.717) is 22.4 Å². The number of rotatable bonds is 5. The van der Waals surface area contributed by atoms with E-state index in [2.05, 4.69) is 12.2 Å². The van der Waals surface area contributed by atoms with Gasteiger partial charge < -0.3 is 14.8 Å². The Morgan fingerprint density at radius 1 is 1.50 bits per heavy atom. The summed E-state index contributed by atoms with van der Waals surface area (Å²) in [6, 6.07) is 5.58. The summed E-state index contributed by atoms with van der Waals surface area (Å²) in [5.41, 5.74) is 0. The first-order chi connectivity index (χ1) is 8.76. The fraction of sp³-hybridized carbons (Fsp3) is 0.571. The Morgan fingerprint density at radius 2 is 2.33 bits per heavy atom. The van der Waals surface area contributed by atoms with Crippen LogP contribution in [-0.4, -0.2) is 26.3 Å². The highest BCUT2D eigenvalue weighted by molar-refractivity contribution is 6.32. The van der Waals surface area contributed by atoms with Crippen LogP contribution in [0, 0.1) is 5.92 Å². The Labute approximate surface area is 113 Å². The lowest BCUT2D eigenvalue weighted by Crippen LogP contribution is -2.28. The minimum Gasteiger partial charge on any atom is -0.493 e. The molecular weight excluding hydrogens is 250 g/mol. The topological polar surface area (TPSA) is 30.5 Å². The summed E-state index contributed by atoms with van der Waals surface area (Å²) in [5.74, 6) is 1.92. The molecule has 1 fully saturated rings. The molecule has 2 atom stereocenters. The molecule has 18 heavy (non-hydrogen) atoms. The van der Waals surface area contributed by atoms with Crippen LogP contribution in [-0.2, 0) is 0 Å². The monoisotopic (exact) mass is 269 g/mol. The van der Waals surface area contributed by atoms with Crippen molar-refractivity contribution in [2.24, 2.45) is 5.92 Å². The van der Waals surface area contributed by atoms with Gasteiger partial charge in [-0.2, -0.15) is 0 Å². The highest BCUT2D eigenvalue weighted by Gasteiger charge is 2.26. The van der Waals surface area contributed by atoms with Gasteiger partial charge >= 0.3 is 0 Å². The highest BCUT2D eigenvalue weighted by atomic mass is 35.5. The van der Waals surface area contributed by atoms with Crippen LogP contribution in [0.4, 0.5) is 0 Å². The number of methoxy groups -OCH3 is 1. The molecule has 0 radical (unpaired) electrons. The van der Waals surface area contributed by atoms with E-state index >= 15 is 0 Å². The minimum atomic E-state index is 0.189. The Bertz CT molecular complexity index is 391. The van der Waals surface area contributed by atoms with Gasteiger partial charge in [-0.1, -0.05) is 24.6 Å². The maximum atomic E-state index is 6.20. The van der Waals surface area contributed by atoms with Crippen LogP contribution in [0.1, 0.15) is 19.8 Å². The number of halogens is 1. The van der Waals surface area contributed by atoms with Gasteiger partial charge in [-0.15, -0.1) is 0 Å². The van der Waals surface area contributed by atoms with E-state index in [9.17, 15) is 0 Å². The van der Waals surface area contributed by atoms with Crippen LogP contribution < -0.4 is 14.8 Å². The zero-order valence-corrected chi connectivity index (χ0v) is 11.7. The third kappa shape index (κ3) is 2.90. The molecule has 4 heteroatoms. The third-order valence-corrected chi connectivity index (χ3v) is 3.74. The molecule has 0 bridgehead atoms. The number of benzene rings is 1. The van der Waals surface area contributed by atoms with Crippen LogP contribution in [0.3, 0.4) is 0 Å². The van der Waals surface area contributed by atoms with Crippen molar-refractivity contribution in [3.05, 3.63) is 23.2 Å². The van der Waals surface area contributed by atoms with Crippen molar-refractivity contribution in [3.63, 3.8) is 0 Å². The number of nitrogens with one attached hydrogen (secondary N) is 1. The fourth-order valence-electron chi connectivity index (χ4n) is 2.42. The summed E-state index contributed by atoms with van der Waals surface area (Å²) in [6.45, 7) is 4.24. The van der Waals surface area contributed by atoms with Gasteiger partial charge in [-0.25, -0.2) is 0 Å². The SMILES string of the molecule is CC[C@H](Oc1c(Cl)cccc1OC)C1CCNC1. The van der Waals surface area contributed by atoms with E-state index in [1.54, 1.807) is 7.11 Å². The van der Waals surface area contributed by atoms with Gasteiger partial charge in [0.05, 0.1) is 12.1 Å². The fourth-order valence-corrected chi connectivity index (χ4v) is 2.63. The van der Waals surface area contributed by atoms with Gasteiger partial charge in [0, 0.05) is 12.5 Å². The first-order valence-corrected chi connectivity index (χ1v) is 6.84. The average molecular weight is 270 g/mol. The van der Waals surface area contributed by atoms with Gasteiger partial charge in [-0.3, -0.25) is 0 Å². The molecule has 1 aliphatic heterocycles. The van der Waals surface area contributed by atoms with E-state index in [1.807, 2.05) is 18.2 Å². The zero-order valence-electron chi connectivity index (χ0n) is 10.9. The van der Waals surface area contributed by atoms with Crippen LogP contribution in [0.25, 0.3) is 0 Å². The number of hydrogen-bond donors (Lipinski definition) is 1. The predicted molar refractivity (Wildman–Crippen MR) is 73.7 cm³/mol. The Hall–Kier alpha value is -0.930. The number of ether oxygens (including phenoxy) is 2. The summed E-state index contributed by atoms with van der Waals surface area (Å²) in [5, 5.41) is 3.98. The van der Waals surface area contributed by atoms with Crippen molar-refractivity contribution in [1.82, 2.24) is 5.32 Å². The van der Waals surface area contributed by atoms with E-state index < -0.39 is 0 Å². The zero-order chi connectivity index (χ0) is 13.0. The third-order valence-electron chi connectivity index (χ3n) is 3.45. The first-order valence-electron chi connectivity index (χ1n) is 6.46. The molecular formula is C14H20ClNO2. The van der Waals surface area contributed by atoms with Crippen molar-refractivity contribution in [2.75, 3.05) is 20.2 Å². The Balaban J connectivity index is 2.15. The van der Waals surface area contributed by atoms with Crippen LogP contribution in [0.15, 0.2) is 18.2 Å². The quantitative estimate of drug-likeness (QED) is 0.891.